The fourth-order valence-corrected chi connectivity index (χ4v) is 2.33. The maximum atomic E-state index is 12.9. The average Bonchev–Trinajstić information content (AvgIpc) is 3.01. The predicted octanol–water partition coefficient (Wildman–Crippen LogP) is 1.99. The lowest BCUT2D eigenvalue weighted by Crippen LogP contribution is -2.20. The van der Waals surface area contributed by atoms with Gasteiger partial charge in [0.25, 0.3) is 0 Å². The molecule has 2 aromatic carbocycles. The first-order valence-electron chi connectivity index (χ1n) is 7.58. The second-order valence-corrected chi connectivity index (χ2v) is 5.46. The molecule has 0 unspecified atom stereocenters. The summed E-state index contributed by atoms with van der Waals surface area (Å²) in [5, 5.41) is 32.4. The van der Waals surface area contributed by atoms with Crippen LogP contribution in [0.15, 0.2) is 42.5 Å². The molecule has 0 spiro atoms. The van der Waals surface area contributed by atoms with Crippen molar-refractivity contribution in [2.75, 3.05) is 5.32 Å². The Kier molecular flexibility index (Phi) is 5.01. The fourth-order valence-electron chi connectivity index (χ4n) is 2.33. The van der Waals surface area contributed by atoms with E-state index in [9.17, 15) is 13.2 Å². The zero-order valence-corrected chi connectivity index (χ0v) is 13.8. The van der Waals surface area contributed by atoms with E-state index >= 15 is 0 Å². The van der Waals surface area contributed by atoms with Crippen LogP contribution in [0.5, 0.6) is 5.75 Å². The summed E-state index contributed by atoms with van der Waals surface area (Å²) in [5.41, 5.74) is 0.127. The lowest BCUT2D eigenvalue weighted by Gasteiger charge is -2.14. The van der Waals surface area contributed by atoms with Crippen molar-refractivity contribution in [3.8, 4) is 17.1 Å². The van der Waals surface area contributed by atoms with Crippen LogP contribution in [0.4, 0.5) is 24.5 Å². The van der Waals surface area contributed by atoms with E-state index in [1.165, 1.54) is 35.1 Å². The quantitative estimate of drug-likeness (QED) is 0.583. The van der Waals surface area contributed by atoms with Crippen LogP contribution >= 0.6 is 0 Å². The molecular formula is C15H13BF3N5O3. The number of nitrogens with zero attached hydrogens (tertiary/aromatic N) is 4. The molecule has 1 heterocycles. The van der Waals surface area contributed by atoms with E-state index in [4.69, 9.17) is 14.7 Å². The van der Waals surface area contributed by atoms with Gasteiger partial charge in [0.05, 0.1) is 18.2 Å². The van der Waals surface area contributed by atoms with Gasteiger partial charge in [0.15, 0.2) is 0 Å². The number of aryl methyl sites for hydroxylation is 1. The molecular weight excluding hydrogens is 366 g/mol. The summed E-state index contributed by atoms with van der Waals surface area (Å²) in [7, 11) is -0.483. The highest BCUT2D eigenvalue weighted by Crippen LogP contribution is 2.34. The highest BCUT2D eigenvalue weighted by Gasteiger charge is 2.30. The third-order valence-electron chi connectivity index (χ3n) is 3.45. The van der Waals surface area contributed by atoms with Gasteiger partial charge in [-0.05, 0) is 41.6 Å². The van der Waals surface area contributed by atoms with Crippen LogP contribution in [0.1, 0.15) is 5.56 Å². The number of aromatic nitrogens is 4. The number of rotatable bonds is 5. The molecule has 1 aromatic heterocycles. The Morgan fingerprint density at radius 3 is 2.56 bits per heavy atom. The van der Waals surface area contributed by atoms with E-state index in [0.29, 0.717) is 11.3 Å². The zero-order valence-electron chi connectivity index (χ0n) is 13.8. The van der Waals surface area contributed by atoms with Crippen LogP contribution in [-0.2, 0) is 13.2 Å². The normalized spacial score (nSPS) is 11.3. The molecule has 0 aliphatic rings. The van der Waals surface area contributed by atoms with Crippen LogP contribution in [0.25, 0.3) is 11.4 Å². The van der Waals surface area contributed by atoms with Crippen LogP contribution < -0.4 is 9.97 Å². The number of tetrazole rings is 1. The molecule has 0 radical (unpaired) electrons. The SMILES string of the molecule is Cn1nnc(-c2cc(OB(O)O)ccc2Nc2cccc(C(F)(F)F)c2)n1. The first-order chi connectivity index (χ1) is 12.7. The highest BCUT2D eigenvalue weighted by molar-refractivity contribution is 6.33. The number of nitrogens with one attached hydrogen (secondary N) is 1. The minimum Gasteiger partial charge on any atom is -0.512 e. The molecule has 27 heavy (non-hydrogen) atoms. The Morgan fingerprint density at radius 2 is 1.93 bits per heavy atom. The number of benzene rings is 2. The molecule has 0 fully saturated rings. The van der Waals surface area contributed by atoms with Gasteiger partial charge in [-0.15, -0.1) is 10.2 Å². The van der Waals surface area contributed by atoms with E-state index in [1.807, 2.05) is 0 Å². The Bertz CT molecular complexity index is 948. The van der Waals surface area contributed by atoms with Gasteiger partial charge in [-0.2, -0.15) is 18.0 Å². The van der Waals surface area contributed by atoms with Crippen molar-refractivity contribution in [1.29, 1.82) is 0 Å². The summed E-state index contributed by atoms with van der Waals surface area (Å²) < 4.78 is 43.5. The van der Waals surface area contributed by atoms with Crippen molar-refractivity contribution < 1.29 is 27.9 Å². The Hall–Kier alpha value is -3.12. The molecule has 0 saturated heterocycles. The predicted molar refractivity (Wildman–Crippen MR) is 89.8 cm³/mol. The Morgan fingerprint density at radius 1 is 1.15 bits per heavy atom. The maximum absolute atomic E-state index is 12.9. The summed E-state index contributed by atoms with van der Waals surface area (Å²) in [6.45, 7) is 0. The van der Waals surface area contributed by atoms with E-state index in [1.54, 1.807) is 7.05 Å². The van der Waals surface area contributed by atoms with Gasteiger partial charge in [-0.25, -0.2) is 0 Å². The lowest BCUT2D eigenvalue weighted by atomic mass is 10.1. The summed E-state index contributed by atoms with van der Waals surface area (Å²) >= 11 is 0. The molecule has 3 aromatic rings. The van der Waals surface area contributed by atoms with Crippen molar-refractivity contribution in [3.63, 3.8) is 0 Å². The number of alkyl halides is 3. The van der Waals surface area contributed by atoms with Crippen LogP contribution in [-0.4, -0.2) is 37.6 Å². The number of halogens is 3. The monoisotopic (exact) mass is 379 g/mol. The minimum absolute atomic E-state index is 0.0991. The molecule has 0 bridgehead atoms. The highest BCUT2D eigenvalue weighted by atomic mass is 19.4. The summed E-state index contributed by atoms with van der Waals surface area (Å²) in [6.07, 6.45) is -4.47. The van der Waals surface area contributed by atoms with Gasteiger partial charge in [-0.1, -0.05) is 6.07 Å². The van der Waals surface area contributed by atoms with Crippen molar-refractivity contribution in [1.82, 2.24) is 20.2 Å². The lowest BCUT2D eigenvalue weighted by molar-refractivity contribution is -0.137. The first-order valence-corrected chi connectivity index (χ1v) is 7.58. The van der Waals surface area contributed by atoms with Gasteiger partial charge < -0.3 is 20.0 Å². The van der Waals surface area contributed by atoms with Crippen LogP contribution in [0.2, 0.25) is 0 Å². The molecule has 140 valence electrons. The van der Waals surface area contributed by atoms with Crippen LogP contribution in [0.3, 0.4) is 0 Å². The molecule has 0 saturated carbocycles. The number of hydrogen-bond acceptors (Lipinski definition) is 7. The van der Waals surface area contributed by atoms with Crippen molar-refractivity contribution in [2.24, 2.45) is 7.05 Å². The smallest absolute Gasteiger partial charge is 0.512 e. The molecule has 8 nitrogen and oxygen atoms in total. The number of hydrogen-bond donors (Lipinski definition) is 3. The van der Waals surface area contributed by atoms with Crippen molar-refractivity contribution in [2.45, 2.75) is 6.18 Å². The molecule has 0 atom stereocenters. The second-order valence-electron chi connectivity index (χ2n) is 5.46. The average molecular weight is 379 g/mol. The van der Waals surface area contributed by atoms with Gasteiger partial charge in [0.1, 0.15) is 5.75 Å². The molecule has 0 aliphatic heterocycles. The van der Waals surface area contributed by atoms with Gasteiger partial charge in [0.2, 0.25) is 5.82 Å². The van der Waals surface area contributed by atoms with E-state index < -0.39 is 19.1 Å². The topological polar surface area (TPSA) is 105 Å². The molecule has 0 amide bonds. The van der Waals surface area contributed by atoms with Gasteiger partial charge in [-0.3, -0.25) is 0 Å². The largest absolute Gasteiger partial charge is 0.707 e. The van der Waals surface area contributed by atoms with Crippen molar-refractivity contribution >= 4 is 18.7 Å². The standard InChI is InChI=1S/C15H13BF3N5O3/c1-24-22-14(21-23-24)12-8-11(27-16(25)26)5-6-13(12)20-10-4-2-3-9(7-10)15(17,18)19/h2-8,20,25-26H,1H3. The summed E-state index contributed by atoms with van der Waals surface area (Å²) in [5.74, 6) is 0.270. The second kappa shape index (κ2) is 7.25. The van der Waals surface area contributed by atoms with Gasteiger partial charge >= 0.3 is 13.5 Å². The fraction of sp³-hybridized carbons (Fsp3) is 0.133. The Balaban J connectivity index is 1.99. The van der Waals surface area contributed by atoms with Gasteiger partial charge in [0, 0.05) is 11.4 Å². The Labute approximate surface area is 151 Å². The maximum Gasteiger partial charge on any atom is 0.707 e. The van der Waals surface area contributed by atoms with E-state index in [2.05, 4.69) is 20.7 Å². The molecule has 0 aliphatic carbocycles. The molecule has 3 rings (SSSR count). The molecule has 3 N–H and O–H groups in total. The molecule has 12 heteroatoms. The van der Waals surface area contributed by atoms with Crippen LogP contribution in [0, 0.1) is 0 Å². The number of anilines is 2. The summed E-state index contributed by atoms with van der Waals surface area (Å²) in [6, 6.07) is 9.01. The van der Waals surface area contributed by atoms with Crippen molar-refractivity contribution in [3.05, 3.63) is 48.0 Å². The first kappa shape index (κ1) is 18.7. The third kappa shape index (κ3) is 4.54. The zero-order chi connectivity index (χ0) is 19.6. The summed E-state index contributed by atoms with van der Waals surface area (Å²) in [4.78, 5) is 1.21. The van der Waals surface area contributed by atoms with E-state index in [-0.39, 0.29) is 17.3 Å². The third-order valence-corrected chi connectivity index (χ3v) is 3.45. The van der Waals surface area contributed by atoms with E-state index in [0.717, 1.165) is 12.1 Å². The minimum atomic E-state index is -4.47.